The highest BCUT2D eigenvalue weighted by Crippen LogP contribution is 2.30. The van der Waals surface area contributed by atoms with E-state index in [0.29, 0.717) is 21.8 Å². The summed E-state index contributed by atoms with van der Waals surface area (Å²) in [6.45, 7) is 0.288. The predicted molar refractivity (Wildman–Crippen MR) is 92.7 cm³/mol. The van der Waals surface area contributed by atoms with Gasteiger partial charge in [0.25, 0.3) is 0 Å². The zero-order valence-corrected chi connectivity index (χ0v) is 14.3. The van der Waals surface area contributed by atoms with Crippen LogP contribution in [0.15, 0.2) is 18.2 Å². The van der Waals surface area contributed by atoms with Crippen LogP contribution in [0.2, 0.25) is 10.0 Å². The molecule has 21 heavy (non-hydrogen) atoms. The van der Waals surface area contributed by atoms with Gasteiger partial charge in [0.1, 0.15) is 0 Å². The first kappa shape index (κ1) is 16.9. The maximum Gasteiger partial charge on any atom is 0.238 e. The summed E-state index contributed by atoms with van der Waals surface area (Å²) in [6.07, 6.45) is 6.87. The molecular formula is C15H20Cl2N2OS. The quantitative estimate of drug-likeness (QED) is 0.839. The van der Waals surface area contributed by atoms with Crippen LogP contribution in [0.3, 0.4) is 0 Å². The number of benzene rings is 1. The number of nitrogens with one attached hydrogen (secondary N) is 2. The first-order valence-corrected chi connectivity index (χ1v) is 9.14. The van der Waals surface area contributed by atoms with Gasteiger partial charge in [-0.15, -0.1) is 0 Å². The van der Waals surface area contributed by atoms with Crippen LogP contribution < -0.4 is 10.6 Å². The minimum atomic E-state index is -0.114. The Morgan fingerprint density at radius 2 is 1.86 bits per heavy atom. The van der Waals surface area contributed by atoms with Crippen molar-refractivity contribution in [3.05, 3.63) is 28.2 Å². The second-order valence-electron chi connectivity index (χ2n) is 5.24. The molecule has 1 aliphatic carbocycles. The lowest BCUT2D eigenvalue weighted by molar-refractivity contribution is -0.115. The minimum Gasteiger partial charge on any atom is -0.322 e. The van der Waals surface area contributed by atoms with E-state index in [4.69, 9.17) is 23.2 Å². The van der Waals surface area contributed by atoms with Crippen molar-refractivity contribution in [1.29, 1.82) is 0 Å². The molecule has 1 aromatic carbocycles. The van der Waals surface area contributed by atoms with Crippen LogP contribution in [0.5, 0.6) is 0 Å². The Labute approximate surface area is 140 Å². The molecule has 0 spiro atoms. The topological polar surface area (TPSA) is 41.1 Å². The number of para-hydroxylation sites is 1. The Morgan fingerprint density at radius 1 is 1.24 bits per heavy atom. The van der Waals surface area contributed by atoms with Gasteiger partial charge in [-0.2, -0.15) is 11.8 Å². The van der Waals surface area contributed by atoms with E-state index in [0.717, 1.165) is 18.1 Å². The number of thioether (sulfide) groups is 1. The molecule has 1 fully saturated rings. The Balaban J connectivity index is 1.78. The highest BCUT2D eigenvalue weighted by atomic mass is 35.5. The largest absolute Gasteiger partial charge is 0.322 e. The monoisotopic (exact) mass is 346 g/mol. The molecule has 0 heterocycles. The van der Waals surface area contributed by atoms with E-state index in [-0.39, 0.29) is 12.5 Å². The summed E-state index contributed by atoms with van der Waals surface area (Å²) in [5.74, 6) is -0.114. The molecule has 6 heteroatoms. The normalized spacial score (nSPS) is 22.0. The summed E-state index contributed by atoms with van der Waals surface area (Å²) in [6, 6.07) is 5.60. The summed E-state index contributed by atoms with van der Waals surface area (Å²) < 4.78 is 0. The molecule has 1 aromatic rings. The molecule has 2 N–H and O–H groups in total. The van der Waals surface area contributed by atoms with Gasteiger partial charge in [0, 0.05) is 11.3 Å². The van der Waals surface area contributed by atoms with Crippen molar-refractivity contribution in [2.75, 3.05) is 18.1 Å². The Morgan fingerprint density at radius 3 is 2.43 bits per heavy atom. The predicted octanol–water partition coefficient (Wildman–Crippen LogP) is 4.20. The molecule has 0 unspecified atom stereocenters. The molecule has 1 amide bonds. The van der Waals surface area contributed by atoms with Gasteiger partial charge in [0.15, 0.2) is 0 Å². The number of rotatable bonds is 5. The summed E-state index contributed by atoms with van der Waals surface area (Å²) in [5.41, 5.74) is 0.485. The van der Waals surface area contributed by atoms with Crippen LogP contribution in [-0.4, -0.2) is 30.0 Å². The molecule has 2 rings (SSSR count). The molecular weight excluding hydrogens is 327 g/mol. The van der Waals surface area contributed by atoms with Crippen molar-refractivity contribution in [2.24, 2.45) is 0 Å². The number of hydrogen-bond donors (Lipinski definition) is 2. The van der Waals surface area contributed by atoms with Gasteiger partial charge >= 0.3 is 0 Å². The highest BCUT2D eigenvalue weighted by molar-refractivity contribution is 7.99. The van der Waals surface area contributed by atoms with Crippen LogP contribution >= 0.6 is 35.0 Å². The number of hydrogen-bond acceptors (Lipinski definition) is 3. The van der Waals surface area contributed by atoms with Crippen molar-refractivity contribution in [2.45, 2.75) is 37.0 Å². The third-order valence-corrected chi connectivity index (χ3v) is 5.55. The Bertz CT molecular complexity index is 470. The maximum absolute atomic E-state index is 12.0. The van der Waals surface area contributed by atoms with E-state index < -0.39 is 0 Å². The van der Waals surface area contributed by atoms with Crippen LogP contribution in [-0.2, 0) is 4.79 Å². The lowest BCUT2D eigenvalue weighted by atomic mass is 9.95. The van der Waals surface area contributed by atoms with Gasteiger partial charge in [-0.1, -0.05) is 29.3 Å². The fourth-order valence-corrected chi connectivity index (χ4v) is 3.78. The average molecular weight is 347 g/mol. The zero-order chi connectivity index (χ0) is 15.2. The van der Waals surface area contributed by atoms with Crippen LogP contribution in [0.25, 0.3) is 0 Å². The molecule has 0 saturated heterocycles. The minimum absolute atomic E-state index is 0.114. The number of anilines is 1. The first-order valence-electron chi connectivity index (χ1n) is 7.10. The van der Waals surface area contributed by atoms with E-state index in [9.17, 15) is 4.79 Å². The summed E-state index contributed by atoms with van der Waals surface area (Å²) in [5, 5.41) is 7.77. The standard InChI is InChI=1S/C15H20Cl2N2OS/c1-21-11-7-5-10(6-8-11)18-9-14(20)19-15-12(16)3-2-4-13(15)17/h2-4,10-11,18H,5-9H2,1H3,(H,19,20). The second kappa shape index (κ2) is 8.28. The third-order valence-electron chi connectivity index (χ3n) is 3.79. The van der Waals surface area contributed by atoms with Gasteiger partial charge in [0.2, 0.25) is 5.91 Å². The van der Waals surface area contributed by atoms with E-state index >= 15 is 0 Å². The van der Waals surface area contributed by atoms with Crippen LogP contribution in [0.1, 0.15) is 25.7 Å². The third kappa shape index (κ3) is 5.06. The lowest BCUT2D eigenvalue weighted by Gasteiger charge is -2.28. The molecule has 0 radical (unpaired) electrons. The Kier molecular flexibility index (Phi) is 6.68. The van der Waals surface area contributed by atoms with Crippen LogP contribution in [0.4, 0.5) is 5.69 Å². The molecule has 0 aliphatic heterocycles. The average Bonchev–Trinajstić information content (AvgIpc) is 2.49. The molecule has 0 aromatic heterocycles. The van der Waals surface area contributed by atoms with E-state index in [1.807, 2.05) is 11.8 Å². The number of carbonyl (C=O) groups excluding carboxylic acids is 1. The van der Waals surface area contributed by atoms with E-state index in [2.05, 4.69) is 16.9 Å². The lowest BCUT2D eigenvalue weighted by Crippen LogP contribution is -2.38. The number of halogens is 2. The highest BCUT2D eigenvalue weighted by Gasteiger charge is 2.20. The van der Waals surface area contributed by atoms with E-state index in [1.54, 1.807) is 18.2 Å². The molecule has 1 saturated carbocycles. The van der Waals surface area contributed by atoms with Gasteiger partial charge in [-0.05, 0) is 44.1 Å². The smallest absolute Gasteiger partial charge is 0.238 e. The molecule has 1 aliphatic rings. The van der Waals surface area contributed by atoms with Crippen molar-refractivity contribution >= 4 is 46.6 Å². The molecule has 0 atom stereocenters. The molecule has 3 nitrogen and oxygen atoms in total. The fraction of sp³-hybridized carbons (Fsp3) is 0.533. The SMILES string of the molecule is CSC1CCC(NCC(=O)Nc2c(Cl)cccc2Cl)CC1. The first-order chi connectivity index (χ1) is 10.1. The van der Waals surface area contributed by atoms with Gasteiger partial charge < -0.3 is 10.6 Å². The van der Waals surface area contributed by atoms with Crippen molar-refractivity contribution < 1.29 is 4.79 Å². The number of amides is 1. The maximum atomic E-state index is 12.0. The van der Waals surface area contributed by atoms with Gasteiger partial charge in [0.05, 0.1) is 22.3 Å². The van der Waals surface area contributed by atoms with E-state index in [1.165, 1.54) is 12.8 Å². The molecule has 116 valence electrons. The van der Waals surface area contributed by atoms with Crippen molar-refractivity contribution in [3.8, 4) is 0 Å². The number of carbonyl (C=O) groups is 1. The molecule has 0 bridgehead atoms. The zero-order valence-electron chi connectivity index (χ0n) is 12.0. The Hall–Kier alpha value is -0.420. The fourth-order valence-electron chi connectivity index (χ4n) is 2.54. The van der Waals surface area contributed by atoms with Gasteiger partial charge in [-0.3, -0.25) is 4.79 Å². The van der Waals surface area contributed by atoms with Gasteiger partial charge in [-0.25, -0.2) is 0 Å². The van der Waals surface area contributed by atoms with Crippen molar-refractivity contribution in [1.82, 2.24) is 5.32 Å². The summed E-state index contributed by atoms with van der Waals surface area (Å²) >= 11 is 14.0. The summed E-state index contributed by atoms with van der Waals surface area (Å²) in [4.78, 5) is 12.0. The van der Waals surface area contributed by atoms with Crippen molar-refractivity contribution in [3.63, 3.8) is 0 Å². The second-order valence-corrected chi connectivity index (χ2v) is 7.19. The van der Waals surface area contributed by atoms with Crippen LogP contribution in [0, 0.1) is 0 Å². The summed E-state index contributed by atoms with van der Waals surface area (Å²) in [7, 11) is 0.